The number of ketones is 1. The largest absolute Gasteiger partial charge is 0.301 e. The number of aromatic nitrogens is 2. The predicted molar refractivity (Wildman–Crippen MR) is 102 cm³/mol. The quantitative estimate of drug-likeness (QED) is 0.611. The van der Waals surface area contributed by atoms with E-state index >= 15 is 0 Å². The number of anilines is 1. The number of carbonyl (C=O) groups excluding carboxylic acids is 2. The number of hydrogen-bond acceptors (Lipinski definition) is 6. The van der Waals surface area contributed by atoms with Gasteiger partial charge in [-0.25, -0.2) is 0 Å². The van der Waals surface area contributed by atoms with Crippen molar-refractivity contribution in [2.75, 3.05) is 5.32 Å². The zero-order chi connectivity index (χ0) is 17.8. The van der Waals surface area contributed by atoms with E-state index in [1.807, 2.05) is 31.2 Å². The first-order valence-electron chi connectivity index (χ1n) is 7.51. The lowest BCUT2D eigenvalue weighted by atomic mass is 10.2. The van der Waals surface area contributed by atoms with Gasteiger partial charge in [-0.15, -0.1) is 21.5 Å². The molecule has 1 aromatic carbocycles. The second kappa shape index (κ2) is 7.86. The number of Topliss-reactive ketones (excluding diaryl/α,β-unsaturated/α-hetero) is 1. The van der Waals surface area contributed by atoms with Crippen LogP contribution in [0.15, 0.2) is 36.4 Å². The van der Waals surface area contributed by atoms with Gasteiger partial charge in [0.2, 0.25) is 11.0 Å². The lowest BCUT2D eigenvalue weighted by Gasteiger charge is -2.00. The van der Waals surface area contributed by atoms with Crippen molar-refractivity contribution in [3.63, 3.8) is 0 Å². The van der Waals surface area contributed by atoms with Crippen LogP contribution in [0.4, 0.5) is 5.13 Å². The molecule has 0 saturated heterocycles. The molecular weight excluding hydrogens is 378 g/mol. The summed E-state index contributed by atoms with van der Waals surface area (Å²) in [6.07, 6.45) is 0.277. The Morgan fingerprint density at radius 1 is 1.08 bits per heavy atom. The maximum Gasteiger partial charge on any atom is 0.226 e. The van der Waals surface area contributed by atoms with Crippen LogP contribution in [0.3, 0.4) is 0 Å². The Kier molecular flexibility index (Phi) is 5.57. The van der Waals surface area contributed by atoms with Crippen LogP contribution in [0.2, 0.25) is 5.02 Å². The lowest BCUT2D eigenvalue weighted by Crippen LogP contribution is -2.13. The number of nitrogens with zero attached hydrogens (tertiary/aromatic N) is 2. The zero-order valence-electron chi connectivity index (χ0n) is 13.3. The second-order valence-corrected chi connectivity index (χ2v) is 7.95. The van der Waals surface area contributed by atoms with E-state index in [2.05, 4.69) is 15.5 Å². The summed E-state index contributed by atoms with van der Waals surface area (Å²) in [5.41, 5.74) is 0.769. The molecule has 3 aromatic rings. The third-order valence-electron chi connectivity index (χ3n) is 3.37. The van der Waals surface area contributed by atoms with Crippen LogP contribution >= 0.6 is 34.3 Å². The molecule has 0 atom stereocenters. The Balaban J connectivity index is 1.57. The molecule has 1 N–H and O–H groups in total. The Morgan fingerprint density at radius 2 is 1.88 bits per heavy atom. The van der Waals surface area contributed by atoms with Crippen molar-refractivity contribution in [2.24, 2.45) is 0 Å². The summed E-state index contributed by atoms with van der Waals surface area (Å²) in [6.45, 7) is 1.94. The van der Waals surface area contributed by atoms with E-state index in [-0.39, 0.29) is 24.5 Å². The first-order valence-corrected chi connectivity index (χ1v) is 9.52. The SMILES string of the molecule is Cc1ccc(C(=O)CCC(=O)Nc2nnc(-c3ccccc3Cl)s2)s1. The minimum absolute atomic E-state index is 0.0257. The molecule has 1 amide bonds. The van der Waals surface area contributed by atoms with Gasteiger partial charge in [0.25, 0.3) is 0 Å². The van der Waals surface area contributed by atoms with E-state index < -0.39 is 0 Å². The number of carbonyl (C=O) groups is 2. The summed E-state index contributed by atoms with van der Waals surface area (Å²) >= 11 is 8.81. The number of nitrogens with one attached hydrogen (secondary N) is 1. The highest BCUT2D eigenvalue weighted by Gasteiger charge is 2.14. The van der Waals surface area contributed by atoms with Gasteiger partial charge in [0, 0.05) is 23.3 Å². The molecule has 0 aliphatic carbocycles. The molecule has 0 aliphatic heterocycles. The first kappa shape index (κ1) is 17.7. The summed E-state index contributed by atoms with van der Waals surface area (Å²) in [6, 6.07) is 11.0. The second-order valence-electron chi connectivity index (χ2n) is 5.27. The summed E-state index contributed by atoms with van der Waals surface area (Å²) < 4.78 is 0. The molecule has 8 heteroatoms. The fourth-order valence-electron chi connectivity index (χ4n) is 2.13. The van der Waals surface area contributed by atoms with Crippen molar-refractivity contribution >= 4 is 51.1 Å². The Morgan fingerprint density at radius 3 is 2.60 bits per heavy atom. The molecular formula is C17H14ClN3O2S2. The molecule has 128 valence electrons. The fraction of sp³-hybridized carbons (Fsp3) is 0.176. The van der Waals surface area contributed by atoms with Gasteiger partial charge >= 0.3 is 0 Å². The van der Waals surface area contributed by atoms with Crippen molar-refractivity contribution in [3.8, 4) is 10.6 Å². The molecule has 2 heterocycles. The summed E-state index contributed by atoms with van der Waals surface area (Å²) in [4.78, 5) is 25.8. The third kappa shape index (κ3) is 4.50. The molecule has 25 heavy (non-hydrogen) atoms. The molecule has 2 aromatic heterocycles. The van der Waals surface area contributed by atoms with Gasteiger partial charge in [0.15, 0.2) is 10.8 Å². The topological polar surface area (TPSA) is 72.0 Å². The lowest BCUT2D eigenvalue weighted by molar-refractivity contribution is -0.116. The Bertz CT molecular complexity index is 920. The number of hydrogen-bond donors (Lipinski definition) is 1. The fourth-order valence-corrected chi connectivity index (χ4v) is 4.05. The van der Waals surface area contributed by atoms with Gasteiger partial charge in [-0.3, -0.25) is 9.59 Å². The first-order chi connectivity index (χ1) is 12.0. The van der Waals surface area contributed by atoms with Crippen molar-refractivity contribution in [2.45, 2.75) is 19.8 Å². The zero-order valence-corrected chi connectivity index (χ0v) is 15.7. The molecule has 0 unspecified atom stereocenters. The third-order valence-corrected chi connectivity index (χ3v) is 5.61. The number of thiophene rings is 1. The average Bonchev–Trinajstić information content (AvgIpc) is 3.22. The van der Waals surface area contributed by atoms with Crippen molar-refractivity contribution in [3.05, 3.63) is 51.2 Å². The minimum atomic E-state index is -0.261. The predicted octanol–water partition coefficient (Wildman–Crippen LogP) is 4.83. The highest BCUT2D eigenvalue weighted by Crippen LogP contribution is 2.31. The highest BCUT2D eigenvalue weighted by atomic mass is 35.5. The summed E-state index contributed by atoms with van der Waals surface area (Å²) in [5.74, 6) is -0.286. The molecule has 0 aliphatic rings. The molecule has 0 spiro atoms. The Hall–Kier alpha value is -2.09. The molecule has 0 fully saturated rings. The molecule has 0 bridgehead atoms. The van der Waals surface area contributed by atoms with Crippen LogP contribution in [0.25, 0.3) is 10.6 Å². The van der Waals surface area contributed by atoms with E-state index in [0.29, 0.717) is 20.0 Å². The average molecular weight is 392 g/mol. The molecule has 0 saturated carbocycles. The maximum absolute atomic E-state index is 12.0. The van der Waals surface area contributed by atoms with Crippen LogP contribution in [0.5, 0.6) is 0 Å². The number of aryl methyl sites for hydroxylation is 1. The normalized spacial score (nSPS) is 10.6. The van der Waals surface area contributed by atoms with Crippen molar-refractivity contribution in [1.29, 1.82) is 0 Å². The van der Waals surface area contributed by atoms with E-state index in [1.54, 1.807) is 12.1 Å². The van der Waals surface area contributed by atoms with Gasteiger partial charge < -0.3 is 5.32 Å². The van der Waals surface area contributed by atoms with Crippen molar-refractivity contribution in [1.82, 2.24) is 10.2 Å². The van der Waals surface area contributed by atoms with Crippen LogP contribution in [-0.4, -0.2) is 21.9 Å². The van der Waals surface area contributed by atoms with Gasteiger partial charge in [-0.2, -0.15) is 0 Å². The highest BCUT2D eigenvalue weighted by molar-refractivity contribution is 7.18. The monoisotopic (exact) mass is 391 g/mol. The van der Waals surface area contributed by atoms with Crippen molar-refractivity contribution < 1.29 is 9.59 Å². The molecule has 3 rings (SSSR count). The number of amides is 1. The Labute approximate surface area is 157 Å². The van der Waals surface area contributed by atoms with E-state index in [0.717, 1.165) is 10.4 Å². The number of halogens is 1. The van der Waals surface area contributed by atoms with E-state index in [9.17, 15) is 9.59 Å². The van der Waals surface area contributed by atoms with Crippen LogP contribution in [-0.2, 0) is 4.79 Å². The van der Waals surface area contributed by atoms with Gasteiger partial charge in [-0.05, 0) is 25.1 Å². The van der Waals surface area contributed by atoms with Gasteiger partial charge in [0.05, 0.1) is 9.90 Å². The summed E-state index contributed by atoms with van der Waals surface area (Å²) in [7, 11) is 0. The maximum atomic E-state index is 12.0. The van der Waals surface area contributed by atoms with Crippen LogP contribution < -0.4 is 5.32 Å². The summed E-state index contributed by atoms with van der Waals surface area (Å²) in [5, 5.41) is 12.3. The van der Waals surface area contributed by atoms with Crippen LogP contribution in [0, 0.1) is 6.92 Å². The van der Waals surface area contributed by atoms with Crippen LogP contribution in [0.1, 0.15) is 27.4 Å². The minimum Gasteiger partial charge on any atom is -0.301 e. The smallest absolute Gasteiger partial charge is 0.226 e. The number of rotatable bonds is 6. The van der Waals surface area contributed by atoms with Gasteiger partial charge in [-0.1, -0.05) is 41.1 Å². The molecule has 5 nitrogen and oxygen atoms in total. The number of benzene rings is 1. The van der Waals surface area contributed by atoms with Gasteiger partial charge in [0.1, 0.15) is 0 Å². The van der Waals surface area contributed by atoms with E-state index in [4.69, 9.17) is 11.6 Å². The molecule has 0 radical (unpaired) electrons. The standard InChI is InChI=1S/C17H14ClN3O2S2/c1-10-6-8-14(24-10)13(22)7-9-15(23)19-17-21-20-16(25-17)11-4-2-3-5-12(11)18/h2-6,8H,7,9H2,1H3,(H,19,21,23). The van der Waals surface area contributed by atoms with E-state index in [1.165, 1.54) is 22.7 Å².